The number of phenols is 1. The smallest absolute Gasteiger partial charge is 0.412 e. The molecule has 9 nitrogen and oxygen atoms in total. The van der Waals surface area contributed by atoms with Crippen molar-refractivity contribution in [2.45, 2.75) is 19.4 Å². The minimum Gasteiger partial charge on any atom is -0.504 e. The highest BCUT2D eigenvalue weighted by atomic mass is 16.6. The number of carbonyl (C=O) groups is 3. The zero-order valence-electron chi connectivity index (χ0n) is 19.9. The lowest BCUT2D eigenvalue weighted by Crippen LogP contribution is -2.17. The number of amides is 2. The fourth-order valence-electron chi connectivity index (χ4n) is 3.31. The van der Waals surface area contributed by atoms with Gasteiger partial charge in [-0.15, -0.1) is 0 Å². The molecule has 0 saturated carbocycles. The van der Waals surface area contributed by atoms with Crippen LogP contribution >= 0.6 is 0 Å². The molecule has 186 valence electrons. The van der Waals surface area contributed by atoms with Gasteiger partial charge in [0.25, 0.3) is 0 Å². The van der Waals surface area contributed by atoms with E-state index in [1.54, 1.807) is 66.7 Å². The van der Waals surface area contributed by atoms with Crippen LogP contribution in [-0.2, 0) is 9.53 Å². The van der Waals surface area contributed by atoms with Crippen molar-refractivity contribution in [3.05, 3.63) is 90.0 Å². The Morgan fingerprint density at radius 2 is 1.75 bits per heavy atom. The summed E-state index contributed by atoms with van der Waals surface area (Å²) in [7, 11) is 1.42. The van der Waals surface area contributed by atoms with E-state index in [0.717, 1.165) is 0 Å². The molecule has 0 aromatic heterocycles. The Bertz CT molecular complexity index is 1270. The van der Waals surface area contributed by atoms with Crippen LogP contribution in [-0.4, -0.2) is 30.0 Å². The summed E-state index contributed by atoms with van der Waals surface area (Å²) in [6.45, 7) is 1.45. The number of anilines is 3. The molecular formula is C27H27N3O6. The molecule has 36 heavy (non-hydrogen) atoms. The number of nitrogens with one attached hydrogen (secondary N) is 2. The van der Waals surface area contributed by atoms with Crippen LogP contribution in [0.1, 0.15) is 35.4 Å². The third-order valence-corrected chi connectivity index (χ3v) is 5.20. The maximum absolute atomic E-state index is 12.6. The highest BCUT2D eigenvalue weighted by molar-refractivity contribution is 6.01. The summed E-state index contributed by atoms with van der Waals surface area (Å²) in [6.07, 6.45) is 1.42. The van der Waals surface area contributed by atoms with E-state index >= 15 is 0 Å². The topological polar surface area (TPSA) is 140 Å². The molecule has 0 saturated heterocycles. The number of carbonyl (C=O) groups excluding carboxylic acids is 3. The van der Waals surface area contributed by atoms with Gasteiger partial charge >= 0.3 is 6.09 Å². The number of Topliss-reactive ketones (excluding diaryl/α,β-unsaturated/α-hetero) is 1. The number of methoxy groups -OCH3 is 1. The molecule has 0 aliphatic heterocycles. The quantitative estimate of drug-likeness (QED) is 0.187. The summed E-state index contributed by atoms with van der Waals surface area (Å²) in [5.41, 5.74) is 8.21. The molecule has 0 fully saturated rings. The maximum atomic E-state index is 12.6. The fourth-order valence-corrected chi connectivity index (χ4v) is 3.31. The predicted molar refractivity (Wildman–Crippen MR) is 137 cm³/mol. The van der Waals surface area contributed by atoms with Crippen LogP contribution in [0, 0.1) is 0 Å². The van der Waals surface area contributed by atoms with E-state index in [9.17, 15) is 19.5 Å². The Morgan fingerprint density at radius 3 is 2.39 bits per heavy atom. The van der Waals surface area contributed by atoms with E-state index in [-0.39, 0.29) is 23.7 Å². The number of nitrogen functional groups attached to an aromatic ring is 1. The third-order valence-electron chi connectivity index (χ3n) is 5.20. The van der Waals surface area contributed by atoms with Crippen molar-refractivity contribution in [1.29, 1.82) is 0 Å². The first-order valence-electron chi connectivity index (χ1n) is 11.0. The Hall–Kier alpha value is -4.79. The lowest BCUT2D eigenvalue weighted by Gasteiger charge is -2.18. The van der Waals surface area contributed by atoms with Crippen LogP contribution in [0.4, 0.5) is 21.9 Å². The van der Waals surface area contributed by atoms with Crippen molar-refractivity contribution < 1.29 is 29.0 Å². The average Bonchev–Trinajstić information content (AvgIpc) is 2.85. The summed E-state index contributed by atoms with van der Waals surface area (Å²) in [5, 5.41) is 15.5. The molecule has 0 aliphatic rings. The zero-order chi connectivity index (χ0) is 26.1. The second-order valence-electron chi connectivity index (χ2n) is 7.80. The molecule has 1 atom stereocenters. The number of hydrogen-bond donors (Lipinski definition) is 4. The number of ether oxygens (including phenoxy) is 2. The molecule has 0 radical (unpaired) electrons. The maximum Gasteiger partial charge on any atom is 0.412 e. The van der Waals surface area contributed by atoms with Gasteiger partial charge in [0.05, 0.1) is 18.5 Å². The molecule has 5 N–H and O–H groups in total. The first-order valence-corrected chi connectivity index (χ1v) is 11.0. The van der Waals surface area contributed by atoms with E-state index < -0.39 is 18.1 Å². The second-order valence-corrected chi connectivity index (χ2v) is 7.80. The SMILES string of the molecule is COc1ccc([C@H](C/C=C/C(=O)Nc2ccccc2N)OC(=O)Nc2ccc(C(C)=O)cc2)cc1O. The van der Waals surface area contributed by atoms with Crippen LogP contribution in [0.25, 0.3) is 0 Å². The molecule has 0 spiro atoms. The predicted octanol–water partition coefficient (Wildman–Crippen LogP) is 5.06. The number of ketones is 1. The molecule has 0 bridgehead atoms. The van der Waals surface area contributed by atoms with Crippen molar-refractivity contribution in [1.82, 2.24) is 0 Å². The van der Waals surface area contributed by atoms with E-state index in [1.165, 1.54) is 26.2 Å². The number of aromatic hydroxyl groups is 1. The summed E-state index contributed by atoms with van der Waals surface area (Å²) in [5.74, 6) is -0.346. The van der Waals surface area contributed by atoms with Gasteiger partial charge in [-0.05, 0) is 67.1 Å². The largest absolute Gasteiger partial charge is 0.504 e. The Kier molecular flexibility index (Phi) is 8.66. The average molecular weight is 490 g/mol. The monoisotopic (exact) mass is 489 g/mol. The molecule has 0 unspecified atom stereocenters. The summed E-state index contributed by atoms with van der Waals surface area (Å²) in [4.78, 5) is 36.3. The summed E-state index contributed by atoms with van der Waals surface area (Å²) in [6, 6.07) is 17.9. The lowest BCUT2D eigenvalue weighted by atomic mass is 10.1. The van der Waals surface area contributed by atoms with Gasteiger partial charge in [-0.1, -0.05) is 24.3 Å². The van der Waals surface area contributed by atoms with Crippen LogP contribution in [0.3, 0.4) is 0 Å². The van der Waals surface area contributed by atoms with E-state index in [1.807, 2.05) is 0 Å². The second kappa shape index (κ2) is 12.1. The highest BCUT2D eigenvalue weighted by Crippen LogP contribution is 2.32. The number of benzene rings is 3. The van der Waals surface area contributed by atoms with Crippen LogP contribution < -0.4 is 21.1 Å². The Morgan fingerprint density at radius 1 is 1.03 bits per heavy atom. The van der Waals surface area contributed by atoms with E-state index in [0.29, 0.717) is 28.2 Å². The van der Waals surface area contributed by atoms with Crippen molar-refractivity contribution in [3.8, 4) is 11.5 Å². The van der Waals surface area contributed by atoms with Gasteiger partial charge in [0.1, 0.15) is 6.10 Å². The molecule has 9 heteroatoms. The molecule has 3 aromatic rings. The minimum absolute atomic E-state index is 0.0886. The molecule has 0 heterocycles. The number of phenolic OH excluding ortho intramolecular Hbond substituents is 1. The normalized spacial score (nSPS) is 11.5. The lowest BCUT2D eigenvalue weighted by molar-refractivity contribution is -0.111. The first kappa shape index (κ1) is 25.8. The highest BCUT2D eigenvalue weighted by Gasteiger charge is 2.18. The summed E-state index contributed by atoms with van der Waals surface area (Å²) < 4.78 is 10.7. The van der Waals surface area contributed by atoms with E-state index in [4.69, 9.17) is 15.2 Å². The van der Waals surface area contributed by atoms with Crippen LogP contribution in [0.5, 0.6) is 11.5 Å². The van der Waals surface area contributed by atoms with Gasteiger partial charge in [0.2, 0.25) is 5.91 Å². The number of hydrogen-bond acceptors (Lipinski definition) is 7. The minimum atomic E-state index is -0.829. The third kappa shape index (κ3) is 7.10. The van der Waals surface area contributed by atoms with Gasteiger partial charge in [-0.3, -0.25) is 14.9 Å². The van der Waals surface area contributed by atoms with Gasteiger partial charge < -0.3 is 25.6 Å². The molecule has 3 rings (SSSR count). The standard InChI is InChI=1S/C27H27N3O6/c1-17(31)18-10-13-20(14-11-18)29-27(34)36-24(19-12-15-25(35-2)23(32)16-19)8-5-9-26(33)30-22-7-4-3-6-21(22)28/h3-7,9-16,24,32H,8,28H2,1-2H3,(H,29,34)(H,30,33)/b9-5+/t24-/m0/s1. The van der Waals surface area contributed by atoms with Crippen molar-refractivity contribution in [2.24, 2.45) is 0 Å². The van der Waals surface area contributed by atoms with Gasteiger partial charge in [0, 0.05) is 17.7 Å². The Labute approximate surface area is 208 Å². The van der Waals surface area contributed by atoms with E-state index in [2.05, 4.69) is 10.6 Å². The molecule has 2 amide bonds. The molecular weight excluding hydrogens is 462 g/mol. The van der Waals surface area contributed by atoms with Crippen molar-refractivity contribution >= 4 is 34.8 Å². The van der Waals surface area contributed by atoms with Gasteiger partial charge in [-0.25, -0.2) is 4.79 Å². The first-order chi connectivity index (χ1) is 17.3. The van der Waals surface area contributed by atoms with Crippen LogP contribution in [0.2, 0.25) is 0 Å². The summed E-state index contributed by atoms with van der Waals surface area (Å²) >= 11 is 0. The zero-order valence-corrected chi connectivity index (χ0v) is 19.9. The van der Waals surface area contributed by atoms with Crippen molar-refractivity contribution in [2.75, 3.05) is 23.5 Å². The molecule has 3 aromatic carbocycles. The number of para-hydroxylation sites is 2. The van der Waals surface area contributed by atoms with Gasteiger partial charge in [0.15, 0.2) is 17.3 Å². The van der Waals surface area contributed by atoms with Crippen LogP contribution in [0.15, 0.2) is 78.9 Å². The van der Waals surface area contributed by atoms with Gasteiger partial charge in [-0.2, -0.15) is 0 Å². The fraction of sp³-hybridized carbons (Fsp3) is 0.148. The Balaban J connectivity index is 1.72. The molecule has 0 aliphatic carbocycles. The number of rotatable bonds is 9. The number of nitrogens with two attached hydrogens (primary N) is 1. The van der Waals surface area contributed by atoms with Crippen molar-refractivity contribution in [3.63, 3.8) is 0 Å².